The molecule has 0 fully saturated rings. The van der Waals surface area contributed by atoms with Crippen molar-refractivity contribution in [2.45, 2.75) is 33.1 Å². The number of thioether (sulfide) groups is 1. The number of hydrogen-bond donors (Lipinski definition) is 2. The maximum absolute atomic E-state index is 13.4. The van der Waals surface area contributed by atoms with Gasteiger partial charge >= 0.3 is 5.97 Å². The summed E-state index contributed by atoms with van der Waals surface area (Å²) in [5, 5.41) is 17.2. The number of anilines is 1. The summed E-state index contributed by atoms with van der Waals surface area (Å²) in [4.78, 5) is 26.4. The molecule has 1 heterocycles. The third-order valence-electron chi connectivity index (χ3n) is 6.44. The second kappa shape index (κ2) is 13.0. The molecule has 1 amide bonds. The number of nitriles is 1. The predicted molar refractivity (Wildman–Crippen MR) is 157 cm³/mol. The number of benzene rings is 3. The van der Waals surface area contributed by atoms with Crippen molar-refractivity contribution in [2.24, 2.45) is 0 Å². The number of hydrogen-bond acceptors (Lipinski definition) is 6. The van der Waals surface area contributed by atoms with Crippen LogP contribution in [0.15, 0.2) is 95.0 Å². The number of carbonyl (C=O) groups is 2. The van der Waals surface area contributed by atoms with Gasteiger partial charge in [-0.3, -0.25) is 4.79 Å². The first-order chi connectivity index (χ1) is 19.0. The van der Waals surface area contributed by atoms with Crippen molar-refractivity contribution >= 4 is 35.0 Å². The van der Waals surface area contributed by atoms with Crippen molar-refractivity contribution < 1.29 is 14.3 Å². The molecule has 4 rings (SSSR count). The molecule has 0 saturated heterocycles. The molecule has 2 N–H and O–H groups in total. The summed E-state index contributed by atoms with van der Waals surface area (Å²) in [6.45, 7) is 5.99. The molecule has 0 aliphatic carbocycles. The van der Waals surface area contributed by atoms with E-state index < -0.39 is 11.9 Å². The number of dihydropyridines is 1. The van der Waals surface area contributed by atoms with Crippen LogP contribution in [0.5, 0.6) is 0 Å². The lowest BCUT2D eigenvalue weighted by atomic mass is 9.81. The average molecular weight is 538 g/mol. The number of aryl methyl sites for hydroxylation is 2. The van der Waals surface area contributed by atoms with Gasteiger partial charge in [0.05, 0.1) is 46.2 Å². The van der Waals surface area contributed by atoms with E-state index in [0.29, 0.717) is 21.9 Å². The number of ether oxygens (including phenoxy) is 1. The summed E-state index contributed by atoms with van der Waals surface area (Å²) < 4.78 is 5.48. The van der Waals surface area contributed by atoms with Gasteiger partial charge in [-0.1, -0.05) is 97.0 Å². The molecular weight excluding hydrogens is 506 g/mol. The second-order valence-corrected chi connectivity index (χ2v) is 10.0. The van der Waals surface area contributed by atoms with E-state index in [2.05, 4.69) is 16.7 Å². The van der Waals surface area contributed by atoms with E-state index in [-0.39, 0.29) is 18.3 Å². The summed E-state index contributed by atoms with van der Waals surface area (Å²) in [6, 6.07) is 27.3. The first kappa shape index (κ1) is 27.7. The largest absolute Gasteiger partial charge is 0.463 e. The molecule has 1 unspecified atom stereocenters. The van der Waals surface area contributed by atoms with Crippen LogP contribution in [0.3, 0.4) is 0 Å². The van der Waals surface area contributed by atoms with Crippen LogP contribution < -0.4 is 10.6 Å². The molecule has 0 bridgehead atoms. The molecule has 0 spiro atoms. The number of allylic oxidation sites excluding steroid dienone is 1. The Labute approximate surface area is 233 Å². The minimum atomic E-state index is -0.655. The highest BCUT2D eigenvalue weighted by molar-refractivity contribution is 8.03. The molecule has 1 atom stereocenters. The molecule has 0 aromatic heterocycles. The van der Waals surface area contributed by atoms with E-state index in [9.17, 15) is 14.9 Å². The van der Waals surface area contributed by atoms with Crippen LogP contribution in [0.1, 0.15) is 42.0 Å². The van der Waals surface area contributed by atoms with Crippen molar-refractivity contribution in [3.8, 4) is 6.07 Å². The Bertz CT molecular complexity index is 1450. The number of carbonyl (C=O) groups excluding carboxylic acids is 2. The van der Waals surface area contributed by atoms with Crippen LogP contribution in [0, 0.1) is 18.3 Å². The lowest BCUT2D eigenvalue weighted by Crippen LogP contribution is -2.29. The highest BCUT2D eigenvalue weighted by atomic mass is 32.2. The second-order valence-electron chi connectivity index (χ2n) is 9.05. The van der Waals surface area contributed by atoms with Gasteiger partial charge in [0.1, 0.15) is 0 Å². The maximum atomic E-state index is 13.4. The van der Waals surface area contributed by atoms with Gasteiger partial charge in [0.2, 0.25) is 5.91 Å². The zero-order chi connectivity index (χ0) is 27.8. The fourth-order valence-electron chi connectivity index (χ4n) is 4.53. The number of amides is 1. The summed E-state index contributed by atoms with van der Waals surface area (Å²) in [7, 11) is 0. The van der Waals surface area contributed by atoms with Gasteiger partial charge in [-0.05, 0) is 43.0 Å². The highest BCUT2D eigenvalue weighted by Crippen LogP contribution is 2.43. The SMILES string of the molecule is CCOC(=O)C1=C(c2ccccc2)NC(SCC(=O)Nc2ccccc2CC)=C(C#N)C1c1ccc(C)cc1. The van der Waals surface area contributed by atoms with Crippen LogP contribution >= 0.6 is 11.8 Å². The molecular formula is C32H31N3O3S. The summed E-state index contributed by atoms with van der Waals surface area (Å²) in [5.41, 5.74) is 5.79. The number of nitrogens with one attached hydrogen (secondary N) is 2. The first-order valence-electron chi connectivity index (χ1n) is 12.9. The summed E-state index contributed by atoms with van der Waals surface area (Å²) >= 11 is 1.25. The van der Waals surface area contributed by atoms with Gasteiger partial charge in [0, 0.05) is 5.69 Å². The minimum Gasteiger partial charge on any atom is -0.463 e. The fraction of sp³-hybridized carbons (Fsp3) is 0.219. The van der Waals surface area contributed by atoms with E-state index in [1.807, 2.05) is 92.7 Å². The van der Waals surface area contributed by atoms with Crippen LogP contribution in [0.4, 0.5) is 5.69 Å². The molecule has 3 aromatic rings. The Morgan fingerprint density at radius 3 is 2.36 bits per heavy atom. The van der Waals surface area contributed by atoms with Crippen molar-refractivity contribution in [3.63, 3.8) is 0 Å². The fourth-order valence-corrected chi connectivity index (χ4v) is 5.37. The monoisotopic (exact) mass is 537 g/mol. The Morgan fingerprint density at radius 1 is 1.00 bits per heavy atom. The van der Waals surface area contributed by atoms with E-state index in [1.165, 1.54) is 11.8 Å². The zero-order valence-corrected chi connectivity index (χ0v) is 23.1. The van der Waals surface area contributed by atoms with Crippen LogP contribution in [-0.4, -0.2) is 24.2 Å². The normalized spacial score (nSPS) is 14.9. The Hall–Kier alpha value is -4.28. The van der Waals surface area contributed by atoms with Crippen LogP contribution in [0.25, 0.3) is 5.70 Å². The predicted octanol–water partition coefficient (Wildman–Crippen LogP) is 6.33. The first-order valence-corrected chi connectivity index (χ1v) is 13.9. The van der Waals surface area contributed by atoms with E-state index in [4.69, 9.17) is 4.74 Å². The number of rotatable bonds is 9. The molecule has 0 saturated carbocycles. The maximum Gasteiger partial charge on any atom is 0.337 e. The molecule has 0 radical (unpaired) electrons. The zero-order valence-electron chi connectivity index (χ0n) is 22.3. The smallest absolute Gasteiger partial charge is 0.337 e. The number of esters is 1. The number of para-hydroxylation sites is 1. The van der Waals surface area contributed by atoms with Gasteiger partial charge in [-0.25, -0.2) is 4.79 Å². The summed E-state index contributed by atoms with van der Waals surface area (Å²) in [5.74, 6) is -1.23. The van der Waals surface area contributed by atoms with E-state index in [1.54, 1.807) is 6.92 Å². The quantitative estimate of drug-likeness (QED) is 0.310. The lowest BCUT2D eigenvalue weighted by Gasteiger charge is -2.31. The Kier molecular flexibility index (Phi) is 9.24. The lowest BCUT2D eigenvalue weighted by molar-refractivity contribution is -0.138. The van der Waals surface area contributed by atoms with Gasteiger partial charge in [0.15, 0.2) is 0 Å². The third kappa shape index (κ3) is 6.42. The van der Waals surface area contributed by atoms with Gasteiger partial charge in [-0.15, -0.1) is 0 Å². The van der Waals surface area contributed by atoms with Gasteiger partial charge in [-0.2, -0.15) is 5.26 Å². The number of nitrogens with zero attached hydrogens (tertiary/aromatic N) is 1. The van der Waals surface area contributed by atoms with Crippen molar-refractivity contribution in [1.82, 2.24) is 5.32 Å². The average Bonchev–Trinajstić information content (AvgIpc) is 2.96. The molecule has 3 aromatic carbocycles. The van der Waals surface area contributed by atoms with Gasteiger partial charge < -0.3 is 15.4 Å². The third-order valence-corrected chi connectivity index (χ3v) is 7.46. The Balaban J connectivity index is 1.75. The van der Waals surface area contributed by atoms with Crippen molar-refractivity contribution in [3.05, 3.63) is 117 Å². The molecule has 6 nitrogen and oxygen atoms in total. The van der Waals surface area contributed by atoms with Gasteiger partial charge in [0.25, 0.3) is 0 Å². The van der Waals surface area contributed by atoms with Crippen molar-refractivity contribution in [2.75, 3.05) is 17.7 Å². The van der Waals surface area contributed by atoms with Crippen LogP contribution in [0.2, 0.25) is 0 Å². The van der Waals surface area contributed by atoms with Crippen LogP contribution in [-0.2, 0) is 20.7 Å². The van der Waals surface area contributed by atoms with E-state index >= 15 is 0 Å². The highest BCUT2D eigenvalue weighted by Gasteiger charge is 2.37. The van der Waals surface area contributed by atoms with Crippen molar-refractivity contribution in [1.29, 1.82) is 5.26 Å². The molecule has 39 heavy (non-hydrogen) atoms. The minimum absolute atomic E-state index is 0.0863. The van der Waals surface area contributed by atoms with E-state index in [0.717, 1.165) is 34.4 Å². The summed E-state index contributed by atoms with van der Waals surface area (Å²) in [6.07, 6.45) is 0.801. The molecule has 1 aliphatic heterocycles. The Morgan fingerprint density at radius 2 is 1.69 bits per heavy atom. The topological polar surface area (TPSA) is 91.2 Å². The molecule has 7 heteroatoms. The molecule has 1 aliphatic rings. The molecule has 198 valence electrons. The standard InChI is InChI=1S/C32H31N3O3S/c1-4-22-11-9-10-14-26(22)34-27(36)20-39-31-25(19-33)28(23-17-15-21(3)16-18-23)29(32(37)38-5-2)30(35-31)24-12-7-6-8-13-24/h6-18,28,35H,4-5,20H2,1-3H3,(H,34,36).